The average molecular weight is 346 g/mol. The zero-order chi connectivity index (χ0) is 17.1. The third-order valence-corrected chi connectivity index (χ3v) is 4.49. The van der Waals surface area contributed by atoms with Crippen LogP contribution >= 0.6 is 11.3 Å². The van der Waals surface area contributed by atoms with Gasteiger partial charge in [-0.3, -0.25) is 4.79 Å². The minimum Gasteiger partial charge on any atom is -0.485 e. The number of benzene rings is 1. The van der Waals surface area contributed by atoms with Gasteiger partial charge >= 0.3 is 5.97 Å². The Kier molecular flexibility index (Phi) is 4.48. The molecule has 1 aromatic heterocycles. The van der Waals surface area contributed by atoms with Crippen LogP contribution in [0, 0.1) is 0 Å². The highest BCUT2D eigenvalue weighted by Gasteiger charge is 2.27. The van der Waals surface area contributed by atoms with Crippen molar-refractivity contribution in [3.63, 3.8) is 0 Å². The van der Waals surface area contributed by atoms with Crippen molar-refractivity contribution in [2.75, 3.05) is 6.61 Å². The first-order valence-electron chi connectivity index (χ1n) is 7.10. The molecule has 0 radical (unpaired) electrons. The van der Waals surface area contributed by atoms with E-state index in [9.17, 15) is 9.59 Å². The molecular formula is C16H14N2O5S. The number of rotatable bonds is 4. The second kappa shape index (κ2) is 6.71. The number of amides is 1. The van der Waals surface area contributed by atoms with Crippen LogP contribution in [0.3, 0.4) is 0 Å². The molecule has 0 fully saturated rings. The highest BCUT2D eigenvalue weighted by Crippen LogP contribution is 2.30. The highest BCUT2D eigenvalue weighted by molar-refractivity contribution is 7.15. The van der Waals surface area contributed by atoms with Crippen molar-refractivity contribution in [1.29, 1.82) is 0 Å². The van der Waals surface area contributed by atoms with E-state index in [0.717, 1.165) is 11.3 Å². The first-order valence-corrected chi connectivity index (χ1v) is 7.92. The maximum atomic E-state index is 12.1. The quantitative estimate of drug-likeness (QED) is 0.653. The lowest BCUT2D eigenvalue weighted by molar-refractivity contribution is -0.130. The molecule has 1 amide bonds. The van der Waals surface area contributed by atoms with Gasteiger partial charge in [-0.15, -0.1) is 11.3 Å². The normalized spacial score (nSPS) is 16.5. The van der Waals surface area contributed by atoms with E-state index in [1.54, 1.807) is 31.2 Å². The molecule has 1 aliphatic heterocycles. The number of carbonyl (C=O) groups excluding carboxylic acids is 1. The first-order chi connectivity index (χ1) is 11.5. The molecule has 1 aliphatic rings. The fraction of sp³-hybridized carbons (Fsp3) is 0.188. The summed E-state index contributed by atoms with van der Waals surface area (Å²) >= 11 is 1.09. The monoisotopic (exact) mass is 346 g/mol. The third-order valence-electron chi connectivity index (χ3n) is 3.31. The molecule has 8 heteroatoms. The first kappa shape index (κ1) is 16.0. The smallest absolute Gasteiger partial charge is 0.345 e. The van der Waals surface area contributed by atoms with Crippen LogP contribution in [0.25, 0.3) is 0 Å². The van der Waals surface area contributed by atoms with Crippen molar-refractivity contribution in [3.8, 4) is 11.5 Å². The zero-order valence-electron chi connectivity index (χ0n) is 12.7. The van der Waals surface area contributed by atoms with E-state index in [-0.39, 0.29) is 11.5 Å². The molecule has 1 aromatic carbocycles. The molecule has 1 atom stereocenters. The Morgan fingerprint density at radius 3 is 2.62 bits per heavy atom. The highest BCUT2D eigenvalue weighted by atomic mass is 32.1. The lowest BCUT2D eigenvalue weighted by atomic mass is 10.2. The van der Waals surface area contributed by atoms with Crippen molar-refractivity contribution in [1.82, 2.24) is 5.43 Å². The van der Waals surface area contributed by atoms with Gasteiger partial charge in [0, 0.05) is 0 Å². The molecule has 7 nitrogen and oxygen atoms in total. The zero-order valence-corrected chi connectivity index (χ0v) is 13.5. The molecule has 2 N–H and O–H groups in total. The Hall–Kier alpha value is -2.87. The number of ether oxygens (including phenoxy) is 2. The van der Waals surface area contributed by atoms with Gasteiger partial charge in [0.25, 0.3) is 5.91 Å². The number of thiophene rings is 1. The van der Waals surface area contributed by atoms with Gasteiger partial charge in [-0.1, -0.05) is 12.1 Å². The van der Waals surface area contributed by atoms with Crippen LogP contribution in [0.15, 0.2) is 41.5 Å². The fourth-order valence-corrected chi connectivity index (χ4v) is 2.85. The Morgan fingerprint density at radius 1 is 1.21 bits per heavy atom. The summed E-state index contributed by atoms with van der Waals surface area (Å²) in [5, 5.41) is 12.9. The number of hydrazone groups is 1. The van der Waals surface area contributed by atoms with Gasteiger partial charge in [-0.05, 0) is 31.2 Å². The van der Waals surface area contributed by atoms with Crippen LogP contribution in [0.5, 0.6) is 11.5 Å². The number of carboxylic acids is 1. The van der Waals surface area contributed by atoms with Gasteiger partial charge in [-0.25, -0.2) is 10.2 Å². The summed E-state index contributed by atoms with van der Waals surface area (Å²) in [5.74, 6) is -0.316. The van der Waals surface area contributed by atoms with E-state index in [2.05, 4.69) is 10.5 Å². The Balaban J connectivity index is 1.63. The number of carbonyl (C=O) groups is 2. The number of nitrogens with zero attached hydrogens (tertiary/aromatic N) is 1. The number of aromatic carboxylic acids is 1. The number of carboxylic acid groups (broad SMARTS) is 1. The average Bonchev–Trinajstić information content (AvgIpc) is 3.09. The number of para-hydroxylation sites is 2. The van der Waals surface area contributed by atoms with Crippen molar-refractivity contribution >= 4 is 28.9 Å². The van der Waals surface area contributed by atoms with Gasteiger partial charge in [0.1, 0.15) is 11.5 Å². The summed E-state index contributed by atoms with van der Waals surface area (Å²) in [6, 6.07) is 10.3. The lowest BCUT2D eigenvalue weighted by Crippen LogP contribution is -2.42. The second-order valence-corrected chi connectivity index (χ2v) is 6.09. The maximum absolute atomic E-state index is 12.1. The van der Waals surface area contributed by atoms with Crippen molar-refractivity contribution in [2.24, 2.45) is 5.10 Å². The van der Waals surface area contributed by atoms with Crippen LogP contribution in [0.1, 0.15) is 21.5 Å². The molecule has 0 saturated heterocycles. The molecule has 124 valence electrons. The van der Waals surface area contributed by atoms with Crippen LogP contribution in [0.2, 0.25) is 0 Å². The Bertz CT molecular complexity index is 814. The molecule has 2 heterocycles. The summed E-state index contributed by atoms with van der Waals surface area (Å²) in [7, 11) is 0. The minimum atomic E-state index is -0.991. The largest absolute Gasteiger partial charge is 0.485 e. The molecule has 3 rings (SSSR count). The van der Waals surface area contributed by atoms with E-state index in [1.807, 2.05) is 6.07 Å². The van der Waals surface area contributed by atoms with Gasteiger partial charge in [0.2, 0.25) is 6.10 Å². The molecule has 0 bridgehead atoms. The van der Waals surface area contributed by atoms with E-state index in [4.69, 9.17) is 14.6 Å². The van der Waals surface area contributed by atoms with Crippen LogP contribution in [-0.2, 0) is 4.79 Å². The lowest BCUT2D eigenvalue weighted by Gasteiger charge is -2.24. The molecule has 0 saturated carbocycles. The van der Waals surface area contributed by atoms with E-state index in [0.29, 0.717) is 22.1 Å². The molecule has 0 spiro atoms. The Morgan fingerprint density at radius 2 is 1.92 bits per heavy atom. The summed E-state index contributed by atoms with van der Waals surface area (Å²) in [4.78, 5) is 23.9. The van der Waals surface area contributed by atoms with E-state index >= 15 is 0 Å². The van der Waals surface area contributed by atoms with Crippen molar-refractivity contribution < 1.29 is 24.2 Å². The standard InChI is InChI=1S/C16H14N2O5S/c1-9(13-6-7-14(24-13)16(20)21)17-18-15(19)12-8-22-10-4-2-3-5-11(10)23-12/h2-7,12H,8H2,1H3,(H,18,19)(H,20,21)/b17-9-/t12-/m1/s1. The predicted octanol–water partition coefficient (Wildman–Crippen LogP) is 2.13. The second-order valence-electron chi connectivity index (χ2n) is 5.01. The minimum absolute atomic E-state index is 0.0968. The van der Waals surface area contributed by atoms with Gasteiger partial charge < -0.3 is 14.6 Å². The number of hydrogen-bond acceptors (Lipinski definition) is 6. The maximum Gasteiger partial charge on any atom is 0.345 e. The van der Waals surface area contributed by atoms with Gasteiger partial charge in [0.05, 0.1) is 10.6 Å². The summed E-state index contributed by atoms with van der Waals surface area (Å²) < 4.78 is 11.1. The van der Waals surface area contributed by atoms with Crippen molar-refractivity contribution in [3.05, 3.63) is 46.2 Å². The van der Waals surface area contributed by atoms with Crippen LogP contribution < -0.4 is 14.9 Å². The van der Waals surface area contributed by atoms with E-state index < -0.39 is 18.0 Å². The molecule has 0 aliphatic carbocycles. The topological polar surface area (TPSA) is 97.2 Å². The number of nitrogens with one attached hydrogen (secondary N) is 1. The number of fused-ring (bicyclic) bond motifs is 1. The van der Waals surface area contributed by atoms with Gasteiger partial charge in [-0.2, -0.15) is 5.10 Å². The SMILES string of the molecule is C/C(=N/NC(=O)[C@H]1COc2ccccc2O1)c1ccc(C(=O)O)s1. The van der Waals surface area contributed by atoms with Crippen molar-refractivity contribution in [2.45, 2.75) is 13.0 Å². The molecule has 2 aromatic rings. The summed E-state index contributed by atoms with van der Waals surface area (Å²) in [5.41, 5.74) is 2.94. The van der Waals surface area contributed by atoms with Crippen LogP contribution in [0.4, 0.5) is 0 Å². The van der Waals surface area contributed by atoms with Gasteiger partial charge in [0.15, 0.2) is 11.5 Å². The number of hydrogen-bond donors (Lipinski definition) is 2. The Labute approximate surface area is 141 Å². The summed E-state index contributed by atoms with van der Waals surface area (Å²) in [6.07, 6.45) is -0.797. The molecular weight excluding hydrogens is 332 g/mol. The van der Waals surface area contributed by atoms with Crippen LogP contribution in [-0.4, -0.2) is 35.4 Å². The third kappa shape index (κ3) is 3.38. The predicted molar refractivity (Wildman–Crippen MR) is 88.0 cm³/mol. The summed E-state index contributed by atoms with van der Waals surface area (Å²) in [6.45, 7) is 1.78. The molecule has 0 unspecified atom stereocenters. The van der Waals surface area contributed by atoms with E-state index in [1.165, 1.54) is 6.07 Å². The molecule has 24 heavy (non-hydrogen) atoms. The fourth-order valence-electron chi connectivity index (χ4n) is 2.06.